The maximum absolute atomic E-state index is 12.5. The molecular weight excluding hydrogens is 431 g/mol. The molecule has 12 heteroatoms. The van der Waals surface area contributed by atoms with E-state index in [1.54, 1.807) is 11.9 Å². The van der Waals surface area contributed by atoms with Crippen LogP contribution in [0.15, 0.2) is 0 Å². The van der Waals surface area contributed by atoms with Crippen LogP contribution in [-0.4, -0.2) is 92.0 Å². The van der Waals surface area contributed by atoms with Gasteiger partial charge < -0.3 is 25.8 Å². The molecule has 2 rings (SSSR count). The minimum atomic E-state index is -4.86. The van der Waals surface area contributed by atoms with Gasteiger partial charge in [-0.1, -0.05) is 13.8 Å². The van der Waals surface area contributed by atoms with Gasteiger partial charge in [0.05, 0.1) is 13.1 Å². The number of hydrogen-bond donors (Lipinski definition) is 3. The molecule has 1 spiro atoms. The van der Waals surface area contributed by atoms with Crippen molar-refractivity contribution in [3.05, 3.63) is 0 Å². The van der Waals surface area contributed by atoms with E-state index in [0.717, 1.165) is 4.90 Å². The van der Waals surface area contributed by atoms with E-state index < -0.39 is 24.0 Å². The van der Waals surface area contributed by atoms with Gasteiger partial charge >= 0.3 is 12.1 Å². The smallest absolute Gasteiger partial charge is 0.345 e. The number of likely N-dealkylation sites (N-methyl/N-ethyl adjacent to an activating group) is 1. The van der Waals surface area contributed by atoms with E-state index in [1.165, 1.54) is 0 Å². The Morgan fingerprint density at radius 3 is 2.09 bits per heavy atom. The monoisotopic (exact) mass is 463 g/mol. The summed E-state index contributed by atoms with van der Waals surface area (Å²) < 4.78 is 37.6. The highest BCUT2D eigenvalue weighted by Crippen LogP contribution is 2.41. The van der Waals surface area contributed by atoms with Gasteiger partial charge in [-0.3, -0.25) is 19.2 Å². The Balaban J connectivity index is 1.78. The first kappa shape index (κ1) is 25.9. The molecule has 4 amide bonds. The van der Waals surface area contributed by atoms with Crippen molar-refractivity contribution in [1.82, 2.24) is 25.8 Å². The molecule has 0 radical (unpaired) electrons. The lowest BCUT2D eigenvalue weighted by molar-refractivity contribution is -0.198. The second-order valence-corrected chi connectivity index (χ2v) is 9.04. The number of piperidine rings is 1. The second kappa shape index (κ2) is 10.5. The van der Waals surface area contributed by atoms with Crippen LogP contribution in [0.2, 0.25) is 0 Å². The lowest BCUT2D eigenvalue weighted by Gasteiger charge is -2.53. The second-order valence-electron chi connectivity index (χ2n) is 9.04. The number of carbonyl (C=O) groups is 4. The molecule has 2 saturated heterocycles. The third-order valence-corrected chi connectivity index (χ3v) is 5.87. The maximum Gasteiger partial charge on any atom is 0.471 e. The van der Waals surface area contributed by atoms with E-state index >= 15 is 0 Å². The number of hydrogen-bond acceptors (Lipinski definition) is 5. The predicted octanol–water partition coefficient (Wildman–Crippen LogP) is -0.134. The summed E-state index contributed by atoms with van der Waals surface area (Å²) in [5.41, 5.74) is -0.374. The summed E-state index contributed by atoms with van der Waals surface area (Å²) in [4.78, 5) is 50.5. The number of carbonyl (C=O) groups excluding carboxylic acids is 4. The molecule has 2 aliphatic heterocycles. The Morgan fingerprint density at radius 2 is 1.59 bits per heavy atom. The fourth-order valence-electron chi connectivity index (χ4n) is 4.14. The maximum atomic E-state index is 12.5. The fraction of sp³-hybridized carbons (Fsp3) is 0.800. The standard InChI is InChI=1S/C20H32F3N5O4/c1-13(2)8-14(26-15(29)9-24-3)17(31)25-10-16(30)27-6-4-19(5-7-27)11-28(12-19)18(32)20(21,22)23/h13-14,24H,4-12H2,1-3H3,(H,25,31)(H,26,29). The lowest BCUT2D eigenvalue weighted by Crippen LogP contribution is -2.64. The number of amides is 4. The molecule has 0 aromatic heterocycles. The van der Waals surface area contributed by atoms with E-state index in [2.05, 4.69) is 16.0 Å². The van der Waals surface area contributed by atoms with E-state index in [9.17, 15) is 32.3 Å². The van der Waals surface area contributed by atoms with Crippen LogP contribution in [0, 0.1) is 11.3 Å². The quantitative estimate of drug-likeness (QED) is 0.464. The SMILES string of the molecule is CNCC(=O)NC(CC(C)C)C(=O)NCC(=O)N1CCC2(CC1)CN(C(=O)C(F)(F)F)C2. The van der Waals surface area contributed by atoms with Crippen molar-refractivity contribution in [3.8, 4) is 0 Å². The highest BCUT2D eigenvalue weighted by Gasteiger charge is 2.53. The molecule has 0 aliphatic carbocycles. The zero-order valence-corrected chi connectivity index (χ0v) is 18.7. The molecule has 0 aromatic carbocycles. The first-order chi connectivity index (χ1) is 14.9. The lowest BCUT2D eigenvalue weighted by atomic mass is 9.72. The highest BCUT2D eigenvalue weighted by atomic mass is 19.4. The van der Waals surface area contributed by atoms with E-state index in [-0.39, 0.29) is 49.3 Å². The Morgan fingerprint density at radius 1 is 1.00 bits per heavy atom. The molecule has 182 valence electrons. The van der Waals surface area contributed by atoms with Crippen LogP contribution in [0.1, 0.15) is 33.1 Å². The molecule has 2 heterocycles. The van der Waals surface area contributed by atoms with Crippen LogP contribution >= 0.6 is 0 Å². The van der Waals surface area contributed by atoms with Gasteiger partial charge in [0.1, 0.15) is 6.04 Å². The summed E-state index contributed by atoms with van der Waals surface area (Å²) in [6, 6.07) is -0.750. The van der Waals surface area contributed by atoms with Gasteiger partial charge in [-0.25, -0.2) is 0 Å². The van der Waals surface area contributed by atoms with Gasteiger partial charge in [-0.05, 0) is 32.2 Å². The summed E-state index contributed by atoms with van der Waals surface area (Å²) >= 11 is 0. The van der Waals surface area contributed by atoms with Crippen LogP contribution in [0.3, 0.4) is 0 Å². The molecule has 3 N–H and O–H groups in total. The van der Waals surface area contributed by atoms with Crippen LogP contribution in [0.5, 0.6) is 0 Å². The van der Waals surface area contributed by atoms with Crippen molar-refractivity contribution in [2.24, 2.45) is 11.3 Å². The van der Waals surface area contributed by atoms with E-state index in [4.69, 9.17) is 0 Å². The van der Waals surface area contributed by atoms with Gasteiger partial charge in [0.15, 0.2) is 0 Å². The predicted molar refractivity (Wildman–Crippen MR) is 109 cm³/mol. The molecule has 32 heavy (non-hydrogen) atoms. The number of nitrogens with one attached hydrogen (secondary N) is 3. The third kappa shape index (κ3) is 6.81. The van der Waals surface area contributed by atoms with Gasteiger partial charge in [0.25, 0.3) is 0 Å². The Labute approximate surface area is 185 Å². The number of halogens is 3. The summed E-state index contributed by atoms with van der Waals surface area (Å²) in [6.45, 7) is 4.50. The van der Waals surface area contributed by atoms with Gasteiger partial charge in [0, 0.05) is 31.6 Å². The molecule has 9 nitrogen and oxygen atoms in total. The Hall–Kier alpha value is -2.37. The molecule has 1 unspecified atom stereocenters. The topological polar surface area (TPSA) is 111 Å². The summed E-state index contributed by atoms with van der Waals surface area (Å²) in [5, 5.41) is 7.94. The molecule has 0 bridgehead atoms. The zero-order valence-electron chi connectivity index (χ0n) is 18.7. The molecule has 0 saturated carbocycles. The van der Waals surface area contributed by atoms with Crippen LogP contribution < -0.4 is 16.0 Å². The van der Waals surface area contributed by atoms with E-state index in [0.29, 0.717) is 32.4 Å². The minimum Gasteiger partial charge on any atom is -0.345 e. The summed E-state index contributed by atoms with van der Waals surface area (Å²) in [6.07, 6.45) is -3.43. The van der Waals surface area contributed by atoms with Crippen molar-refractivity contribution in [1.29, 1.82) is 0 Å². The van der Waals surface area contributed by atoms with Crippen molar-refractivity contribution < 1.29 is 32.3 Å². The van der Waals surface area contributed by atoms with Crippen LogP contribution in [0.25, 0.3) is 0 Å². The van der Waals surface area contributed by atoms with E-state index in [1.807, 2.05) is 13.8 Å². The van der Waals surface area contributed by atoms with Gasteiger partial charge in [0.2, 0.25) is 17.7 Å². The first-order valence-corrected chi connectivity index (χ1v) is 10.7. The molecule has 1 atom stereocenters. The number of likely N-dealkylation sites (tertiary alicyclic amines) is 2. The van der Waals surface area contributed by atoms with Crippen LogP contribution in [-0.2, 0) is 19.2 Å². The number of alkyl halides is 3. The number of rotatable bonds is 8. The third-order valence-electron chi connectivity index (χ3n) is 5.87. The summed E-state index contributed by atoms with van der Waals surface area (Å²) in [7, 11) is 1.62. The Bertz CT molecular complexity index is 713. The van der Waals surface area contributed by atoms with Crippen molar-refractivity contribution in [2.45, 2.75) is 45.3 Å². The first-order valence-electron chi connectivity index (χ1n) is 10.7. The highest BCUT2D eigenvalue weighted by molar-refractivity contribution is 5.91. The fourth-order valence-corrected chi connectivity index (χ4v) is 4.14. The summed E-state index contributed by atoms with van der Waals surface area (Å²) in [5.74, 6) is -2.71. The largest absolute Gasteiger partial charge is 0.471 e. The average Bonchev–Trinajstić information content (AvgIpc) is 2.68. The minimum absolute atomic E-state index is 0.0489. The van der Waals surface area contributed by atoms with Crippen molar-refractivity contribution in [2.75, 3.05) is 46.3 Å². The van der Waals surface area contributed by atoms with Crippen LogP contribution in [0.4, 0.5) is 13.2 Å². The Kier molecular flexibility index (Phi) is 8.49. The number of nitrogens with zero attached hydrogens (tertiary/aromatic N) is 2. The molecule has 2 fully saturated rings. The average molecular weight is 464 g/mol. The zero-order chi connectivity index (χ0) is 24.1. The van der Waals surface area contributed by atoms with Crippen molar-refractivity contribution in [3.63, 3.8) is 0 Å². The van der Waals surface area contributed by atoms with Crippen molar-refractivity contribution >= 4 is 23.6 Å². The molecule has 2 aliphatic rings. The molecule has 0 aromatic rings. The van der Waals surface area contributed by atoms with Gasteiger partial charge in [-0.15, -0.1) is 0 Å². The van der Waals surface area contributed by atoms with Gasteiger partial charge in [-0.2, -0.15) is 13.2 Å². The normalized spacial score (nSPS) is 18.8. The molecular formula is C20H32F3N5O4.